The Labute approximate surface area is 127 Å². The molecule has 0 N–H and O–H groups in total. The number of thiophene rings is 1. The molecule has 4 heteroatoms. The lowest BCUT2D eigenvalue weighted by Gasteiger charge is -2.25. The van der Waals surface area contributed by atoms with Crippen LogP contribution in [0.15, 0.2) is 35.0 Å². The van der Waals surface area contributed by atoms with Crippen LogP contribution in [0, 0.1) is 0 Å². The number of hydrogen-bond donors (Lipinski definition) is 0. The molecule has 100 valence electrons. The third-order valence-corrected chi connectivity index (χ3v) is 4.74. The highest BCUT2D eigenvalue weighted by Crippen LogP contribution is 2.37. The number of alkyl halides is 1. The molecule has 1 aromatic heterocycles. The first-order chi connectivity index (χ1) is 9.28. The van der Waals surface area contributed by atoms with Crippen LogP contribution < -0.4 is 4.90 Å². The van der Waals surface area contributed by atoms with Crippen LogP contribution in [0.4, 0.5) is 5.69 Å². The third-order valence-electron chi connectivity index (χ3n) is 3.40. The number of benzene rings is 1. The van der Waals surface area contributed by atoms with Crippen LogP contribution >= 0.6 is 34.5 Å². The lowest BCUT2D eigenvalue weighted by atomic mass is 10.2. The summed E-state index contributed by atoms with van der Waals surface area (Å²) >= 11 is 14.0. The molecule has 0 saturated heterocycles. The van der Waals surface area contributed by atoms with Crippen molar-refractivity contribution >= 4 is 40.2 Å². The molecule has 1 aliphatic rings. The van der Waals surface area contributed by atoms with Crippen molar-refractivity contribution in [3.63, 3.8) is 0 Å². The second kappa shape index (κ2) is 5.74. The minimum atomic E-state index is 0.508. The lowest BCUT2D eigenvalue weighted by molar-refractivity contribution is 0.796. The summed E-state index contributed by atoms with van der Waals surface area (Å²) in [6.07, 6.45) is 2.52. The van der Waals surface area contributed by atoms with Crippen molar-refractivity contribution in [3.05, 3.63) is 51.2 Å². The summed E-state index contributed by atoms with van der Waals surface area (Å²) in [4.78, 5) is 2.42. The second-order valence-corrected chi connectivity index (χ2v) is 6.36. The minimum absolute atomic E-state index is 0.508. The van der Waals surface area contributed by atoms with Crippen molar-refractivity contribution in [2.75, 3.05) is 4.90 Å². The monoisotopic (exact) mass is 311 g/mol. The van der Waals surface area contributed by atoms with Crippen molar-refractivity contribution in [2.24, 2.45) is 0 Å². The summed E-state index contributed by atoms with van der Waals surface area (Å²) in [5.41, 5.74) is 3.56. The van der Waals surface area contributed by atoms with Gasteiger partial charge in [-0.1, -0.05) is 17.7 Å². The van der Waals surface area contributed by atoms with E-state index >= 15 is 0 Å². The van der Waals surface area contributed by atoms with Crippen LogP contribution in [0.2, 0.25) is 5.02 Å². The first-order valence-electron chi connectivity index (χ1n) is 6.40. The Hall–Kier alpha value is -0.700. The summed E-state index contributed by atoms with van der Waals surface area (Å²) in [7, 11) is 0. The van der Waals surface area contributed by atoms with Gasteiger partial charge in [-0.3, -0.25) is 0 Å². The molecule has 0 aliphatic heterocycles. The van der Waals surface area contributed by atoms with Gasteiger partial charge in [0.15, 0.2) is 0 Å². The average molecular weight is 312 g/mol. The topological polar surface area (TPSA) is 3.24 Å². The highest BCUT2D eigenvalue weighted by Gasteiger charge is 2.30. The Morgan fingerprint density at radius 3 is 2.63 bits per heavy atom. The Morgan fingerprint density at radius 2 is 2.05 bits per heavy atom. The summed E-state index contributed by atoms with van der Waals surface area (Å²) in [6.45, 7) is 0.939. The first kappa shape index (κ1) is 13.3. The van der Waals surface area contributed by atoms with Gasteiger partial charge in [0.2, 0.25) is 0 Å². The molecule has 3 rings (SSSR count). The Kier molecular flexibility index (Phi) is 4.01. The Morgan fingerprint density at radius 1 is 1.21 bits per heavy atom. The van der Waals surface area contributed by atoms with Crippen LogP contribution in [-0.4, -0.2) is 6.04 Å². The molecule has 1 aliphatic carbocycles. The normalized spacial score (nSPS) is 14.6. The number of hydrogen-bond acceptors (Lipinski definition) is 2. The lowest BCUT2D eigenvalue weighted by Crippen LogP contribution is -2.25. The molecule has 0 atom stereocenters. The molecule has 2 aromatic rings. The van der Waals surface area contributed by atoms with Gasteiger partial charge in [-0.2, -0.15) is 11.3 Å². The molecule has 0 bridgehead atoms. The Bertz CT molecular complexity index is 549. The fraction of sp³-hybridized carbons (Fsp3) is 0.333. The van der Waals surface area contributed by atoms with Crippen molar-refractivity contribution in [1.29, 1.82) is 0 Å². The summed E-state index contributed by atoms with van der Waals surface area (Å²) in [6, 6.07) is 8.97. The maximum absolute atomic E-state index is 6.42. The average Bonchev–Trinajstić information content (AvgIpc) is 3.14. The van der Waals surface area contributed by atoms with Crippen LogP contribution in [0.3, 0.4) is 0 Å². The number of anilines is 1. The zero-order chi connectivity index (χ0) is 13.2. The third kappa shape index (κ3) is 3.07. The van der Waals surface area contributed by atoms with E-state index in [9.17, 15) is 0 Å². The first-order valence-corrected chi connectivity index (χ1v) is 8.25. The Balaban J connectivity index is 1.87. The fourth-order valence-corrected chi connectivity index (χ4v) is 3.38. The van der Waals surface area contributed by atoms with Gasteiger partial charge < -0.3 is 4.90 Å². The number of nitrogens with zero attached hydrogens (tertiary/aromatic N) is 1. The number of halogens is 2. The van der Waals surface area contributed by atoms with Gasteiger partial charge in [0.05, 0.1) is 10.7 Å². The molecule has 1 fully saturated rings. The summed E-state index contributed by atoms with van der Waals surface area (Å²) in [5.74, 6) is 0.508. The maximum atomic E-state index is 6.42. The molecule has 1 saturated carbocycles. The molecule has 1 nitrogen and oxygen atoms in total. The quantitative estimate of drug-likeness (QED) is 0.676. The van der Waals surface area contributed by atoms with Crippen molar-refractivity contribution in [3.8, 4) is 0 Å². The molecule has 0 spiro atoms. The van der Waals surface area contributed by atoms with E-state index in [-0.39, 0.29) is 0 Å². The molecule has 1 heterocycles. The fourth-order valence-electron chi connectivity index (χ4n) is 2.24. The largest absolute Gasteiger partial charge is 0.363 e. The zero-order valence-corrected chi connectivity index (χ0v) is 12.8. The second-order valence-electron chi connectivity index (χ2n) is 4.91. The number of rotatable bonds is 5. The van der Waals surface area contributed by atoms with Crippen molar-refractivity contribution in [1.82, 2.24) is 0 Å². The molecular weight excluding hydrogens is 297 g/mol. The molecular formula is C15H15Cl2NS. The summed E-state index contributed by atoms with van der Waals surface area (Å²) in [5, 5.41) is 5.13. The van der Waals surface area contributed by atoms with Gasteiger partial charge in [-0.05, 0) is 52.9 Å². The zero-order valence-electron chi connectivity index (χ0n) is 10.5. The van der Waals surface area contributed by atoms with Crippen molar-refractivity contribution in [2.45, 2.75) is 31.3 Å². The van der Waals surface area contributed by atoms with E-state index in [1.54, 1.807) is 11.3 Å². The molecule has 19 heavy (non-hydrogen) atoms. The van der Waals surface area contributed by atoms with Gasteiger partial charge >= 0.3 is 0 Å². The van der Waals surface area contributed by atoms with E-state index < -0.39 is 0 Å². The predicted octanol–water partition coefficient (Wildman–Crippen LogP) is 5.31. The SMILES string of the molecule is ClCc1ccc(N(Cc2ccsc2)C2CC2)c(Cl)c1. The van der Waals surface area contributed by atoms with E-state index in [0.717, 1.165) is 22.8 Å². The van der Waals surface area contributed by atoms with E-state index in [1.807, 2.05) is 6.07 Å². The van der Waals surface area contributed by atoms with Gasteiger partial charge in [0.25, 0.3) is 0 Å². The van der Waals surface area contributed by atoms with Crippen LogP contribution in [0.1, 0.15) is 24.0 Å². The molecule has 1 aromatic carbocycles. The van der Waals surface area contributed by atoms with Gasteiger partial charge in [0.1, 0.15) is 0 Å². The maximum Gasteiger partial charge on any atom is 0.0642 e. The van der Waals surface area contributed by atoms with Crippen LogP contribution in [0.25, 0.3) is 0 Å². The van der Waals surface area contributed by atoms with Crippen molar-refractivity contribution < 1.29 is 0 Å². The van der Waals surface area contributed by atoms with E-state index in [4.69, 9.17) is 23.2 Å². The van der Waals surface area contributed by atoms with Crippen LogP contribution in [0.5, 0.6) is 0 Å². The standard InChI is InChI=1S/C15H15Cl2NS/c16-8-11-1-4-15(14(17)7-11)18(13-2-3-13)9-12-5-6-19-10-12/h1,4-7,10,13H,2-3,8-9H2. The highest BCUT2D eigenvalue weighted by molar-refractivity contribution is 7.07. The van der Waals surface area contributed by atoms with E-state index in [2.05, 4.69) is 33.9 Å². The molecule has 0 unspecified atom stereocenters. The van der Waals surface area contributed by atoms with Crippen LogP contribution in [-0.2, 0) is 12.4 Å². The van der Waals surface area contributed by atoms with Gasteiger partial charge in [-0.15, -0.1) is 11.6 Å². The predicted molar refractivity (Wildman–Crippen MR) is 84.5 cm³/mol. The smallest absolute Gasteiger partial charge is 0.0642 e. The van der Waals surface area contributed by atoms with E-state index in [1.165, 1.54) is 18.4 Å². The highest BCUT2D eigenvalue weighted by atomic mass is 35.5. The van der Waals surface area contributed by atoms with Gasteiger partial charge in [-0.25, -0.2) is 0 Å². The minimum Gasteiger partial charge on any atom is -0.363 e. The van der Waals surface area contributed by atoms with E-state index in [0.29, 0.717) is 11.9 Å². The summed E-state index contributed by atoms with van der Waals surface area (Å²) < 4.78 is 0. The molecule has 0 radical (unpaired) electrons. The molecule has 0 amide bonds. The van der Waals surface area contributed by atoms with Gasteiger partial charge in [0, 0.05) is 18.5 Å².